The Balaban J connectivity index is 1.84. The number of methoxy groups -OCH3 is 3. The summed E-state index contributed by atoms with van der Waals surface area (Å²) in [6, 6.07) is 10.7. The van der Waals surface area contributed by atoms with Crippen LogP contribution in [0.2, 0.25) is 0 Å². The molecule has 1 unspecified atom stereocenters. The molecule has 32 heavy (non-hydrogen) atoms. The first-order chi connectivity index (χ1) is 15.4. The highest BCUT2D eigenvalue weighted by Gasteiger charge is 2.21. The zero-order valence-electron chi connectivity index (χ0n) is 18.5. The Morgan fingerprint density at radius 2 is 1.75 bits per heavy atom. The second kappa shape index (κ2) is 10.1. The van der Waals surface area contributed by atoms with E-state index in [9.17, 15) is 9.18 Å². The van der Waals surface area contributed by atoms with Crippen LogP contribution < -0.4 is 15.4 Å². The molecular weight excluding hydrogens is 415 g/mol. The van der Waals surface area contributed by atoms with Gasteiger partial charge in [-0.1, -0.05) is 12.1 Å². The van der Waals surface area contributed by atoms with Crippen LogP contribution in [-0.2, 0) is 14.3 Å². The molecule has 0 saturated heterocycles. The fourth-order valence-electron chi connectivity index (χ4n) is 3.38. The summed E-state index contributed by atoms with van der Waals surface area (Å²) in [5, 5.41) is 6.01. The Morgan fingerprint density at radius 1 is 1.03 bits per heavy atom. The number of halogens is 1. The average Bonchev–Trinajstić information content (AvgIpc) is 2.76. The lowest BCUT2D eigenvalue weighted by Gasteiger charge is -2.15. The molecule has 0 amide bonds. The van der Waals surface area contributed by atoms with Crippen molar-refractivity contribution in [1.82, 2.24) is 9.97 Å². The fourth-order valence-corrected chi connectivity index (χ4v) is 3.38. The monoisotopic (exact) mass is 440 g/mol. The van der Waals surface area contributed by atoms with Crippen LogP contribution in [0.25, 0.3) is 0 Å². The van der Waals surface area contributed by atoms with E-state index in [1.807, 2.05) is 26.0 Å². The number of esters is 1. The Hall–Kier alpha value is -3.72. The summed E-state index contributed by atoms with van der Waals surface area (Å²) in [6.45, 7) is 3.82. The van der Waals surface area contributed by atoms with E-state index in [-0.39, 0.29) is 11.8 Å². The highest BCUT2D eigenvalue weighted by molar-refractivity contribution is 5.77. The third-order valence-corrected chi connectivity index (χ3v) is 4.77. The van der Waals surface area contributed by atoms with Gasteiger partial charge >= 0.3 is 5.97 Å². The third kappa shape index (κ3) is 5.12. The Bertz CT molecular complexity index is 1100. The normalized spacial score (nSPS) is 11.6. The second-order valence-corrected chi connectivity index (χ2v) is 7.05. The highest BCUT2D eigenvalue weighted by Crippen LogP contribution is 2.29. The van der Waals surface area contributed by atoms with E-state index in [4.69, 9.17) is 14.2 Å². The first-order valence-electron chi connectivity index (χ1n) is 9.78. The maximum atomic E-state index is 14.4. The summed E-state index contributed by atoms with van der Waals surface area (Å²) >= 11 is 0. The van der Waals surface area contributed by atoms with Crippen LogP contribution in [0.15, 0.2) is 42.6 Å². The van der Waals surface area contributed by atoms with Crippen molar-refractivity contribution >= 4 is 29.1 Å². The molecule has 8 nitrogen and oxygen atoms in total. The maximum Gasteiger partial charge on any atom is 0.339 e. The van der Waals surface area contributed by atoms with Gasteiger partial charge in [-0.05, 0) is 54.8 Å². The number of nitrogens with one attached hydrogen (secondary N) is 2. The van der Waals surface area contributed by atoms with Crippen molar-refractivity contribution in [2.45, 2.75) is 20.0 Å². The van der Waals surface area contributed by atoms with Gasteiger partial charge in [0.2, 0.25) is 5.95 Å². The van der Waals surface area contributed by atoms with Crippen LogP contribution >= 0.6 is 0 Å². The molecule has 0 aliphatic carbocycles. The smallest absolute Gasteiger partial charge is 0.339 e. The number of aromatic nitrogens is 2. The molecule has 0 fully saturated rings. The molecule has 0 aliphatic heterocycles. The number of hydrogen-bond acceptors (Lipinski definition) is 8. The SMILES string of the molecule is COC(=O)C(OC)c1cccc(Nc2ncc(F)c(Nc3cc(C)c(OC)c(C)c3)n2)c1. The highest BCUT2D eigenvalue weighted by atomic mass is 19.1. The van der Waals surface area contributed by atoms with Crippen LogP contribution in [0.3, 0.4) is 0 Å². The van der Waals surface area contributed by atoms with Crippen molar-refractivity contribution in [2.24, 2.45) is 0 Å². The van der Waals surface area contributed by atoms with Crippen molar-refractivity contribution in [3.8, 4) is 5.75 Å². The maximum absolute atomic E-state index is 14.4. The number of hydrogen-bond donors (Lipinski definition) is 2. The van der Waals surface area contributed by atoms with Crippen LogP contribution in [0.4, 0.5) is 27.5 Å². The van der Waals surface area contributed by atoms with Gasteiger partial charge < -0.3 is 24.8 Å². The molecule has 0 radical (unpaired) electrons. The number of nitrogens with zero attached hydrogens (tertiary/aromatic N) is 2. The number of carbonyl (C=O) groups is 1. The van der Waals surface area contributed by atoms with Crippen LogP contribution in [0, 0.1) is 19.7 Å². The predicted molar refractivity (Wildman–Crippen MR) is 119 cm³/mol. The minimum absolute atomic E-state index is 0.0203. The summed E-state index contributed by atoms with van der Waals surface area (Å²) in [5.41, 5.74) is 3.69. The third-order valence-electron chi connectivity index (χ3n) is 4.77. The summed E-state index contributed by atoms with van der Waals surface area (Å²) in [5.74, 6) is -0.130. The summed E-state index contributed by atoms with van der Waals surface area (Å²) < 4.78 is 29.7. The Labute approximate surface area is 185 Å². The second-order valence-electron chi connectivity index (χ2n) is 7.05. The van der Waals surface area contributed by atoms with Crippen molar-refractivity contribution in [3.05, 3.63) is 65.1 Å². The van der Waals surface area contributed by atoms with Gasteiger partial charge in [-0.25, -0.2) is 14.2 Å². The zero-order chi connectivity index (χ0) is 23.3. The number of benzene rings is 2. The van der Waals surface area contributed by atoms with E-state index in [0.29, 0.717) is 16.9 Å². The molecule has 2 aromatic carbocycles. The molecule has 3 rings (SSSR count). The summed E-state index contributed by atoms with van der Waals surface area (Å²) in [7, 11) is 4.33. The number of ether oxygens (including phenoxy) is 3. The standard InChI is InChI=1S/C23H25FN4O4/c1-13-9-17(10-14(2)19(13)30-3)26-21-18(24)12-25-23(28-21)27-16-8-6-7-15(11-16)20(31-4)22(29)32-5/h6-12,20H,1-5H3,(H2,25,26,27,28). The summed E-state index contributed by atoms with van der Waals surface area (Å²) in [6.07, 6.45) is 0.214. The molecule has 2 N–H and O–H groups in total. The van der Waals surface area contributed by atoms with E-state index in [0.717, 1.165) is 23.1 Å². The molecule has 0 spiro atoms. The van der Waals surface area contributed by atoms with Crippen LogP contribution in [0.5, 0.6) is 5.75 Å². The molecular formula is C23H25FN4O4. The van der Waals surface area contributed by atoms with E-state index in [1.54, 1.807) is 31.4 Å². The first-order valence-corrected chi connectivity index (χ1v) is 9.78. The number of rotatable bonds is 8. The van der Waals surface area contributed by atoms with Crippen molar-refractivity contribution in [2.75, 3.05) is 32.0 Å². The van der Waals surface area contributed by atoms with Crippen molar-refractivity contribution in [3.63, 3.8) is 0 Å². The van der Waals surface area contributed by atoms with E-state index in [2.05, 4.69) is 20.6 Å². The van der Waals surface area contributed by atoms with E-state index >= 15 is 0 Å². The summed E-state index contributed by atoms with van der Waals surface area (Å²) in [4.78, 5) is 20.2. The van der Waals surface area contributed by atoms with Crippen LogP contribution in [0.1, 0.15) is 22.8 Å². The molecule has 9 heteroatoms. The molecule has 168 valence electrons. The molecule has 1 heterocycles. The average molecular weight is 440 g/mol. The van der Waals surface area contributed by atoms with Gasteiger partial charge in [0, 0.05) is 18.5 Å². The molecule has 0 saturated carbocycles. The molecule has 3 aromatic rings. The van der Waals surface area contributed by atoms with Crippen molar-refractivity contribution in [1.29, 1.82) is 0 Å². The predicted octanol–water partition coefficient (Wildman–Crippen LogP) is 4.59. The van der Waals surface area contributed by atoms with E-state index in [1.165, 1.54) is 14.2 Å². The van der Waals surface area contributed by atoms with Gasteiger partial charge in [0.25, 0.3) is 0 Å². The minimum atomic E-state index is -0.866. The Kier molecular flexibility index (Phi) is 7.21. The van der Waals surface area contributed by atoms with Crippen molar-refractivity contribution < 1.29 is 23.4 Å². The van der Waals surface area contributed by atoms with Gasteiger partial charge in [0.1, 0.15) is 5.75 Å². The van der Waals surface area contributed by atoms with Gasteiger partial charge in [0.05, 0.1) is 20.4 Å². The molecule has 1 atom stereocenters. The zero-order valence-corrected chi connectivity index (χ0v) is 18.5. The molecule has 1 aromatic heterocycles. The molecule has 0 aliphatic rings. The first kappa shape index (κ1) is 23.0. The fraction of sp³-hybridized carbons (Fsp3) is 0.261. The molecule has 0 bridgehead atoms. The lowest BCUT2D eigenvalue weighted by molar-refractivity contribution is -0.152. The topological polar surface area (TPSA) is 94.6 Å². The lowest BCUT2D eigenvalue weighted by atomic mass is 10.1. The van der Waals surface area contributed by atoms with Gasteiger partial charge in [-0.2, -0.15) is 4.98 Å². The largest absolute Gasteiger partial charge is 0.496 e. The van der Waals surface area contributed by atoms with Gasteiger partial charge in [0.15, 0.2) is 17.7 Å². The number of aryl methyl sites for hydroxylation is 2. The number of carbonyl (C=O) groups excluding carboxylic acids is 1. The van der Waals surface area contributed by atoms with E-state index < -0.39 is 17.9 Å². The Morgan fingerprint density at radius 3 is 2.38 bits per heavy atom. The van der Waals surface area contributed by atoms with Gasteiger partial charge in [-0.3, -0.25) is 0 Å². The lowest BCUT2D eigenvalue weighted by Crippen LogP contribution is -2.16. The number of anilines is 4. The minimum Gasteiger partial charge on any atom is -0.496 e. The van der Waals surface area contributed by atoms with Crippen LogP contribution in [-0.4, -0.2) is 37.3 Å². The van der Waals surface area contributed by atoms with Gasteiger partial charge in [-0.15, -0.1) is 0 Å². The quantitative estimate of drug-likeness (QED) is 0.491.